The average molecular weight is 383 g/mol. The molecule has 3 aromatic heterocycles. The molecule has 0 amide bonds. The molecule has 29 heavy (non-hydrogen) atoms. The van der Waals surface area contributed by atoms with Gasteiger partial charge in [0.25, 0.3) is 0 Å². The fourth-order valence-corrected chi connectivity index (χ4v) is 3.49. The van der Waals surface area contributed by atoms with Crippen LogP contribution in [-0.2, 0) is 6.54 Å². The van der Waals surface area contributed by atoms with Gasteiger partial charge < -0.3 is 20.6 Å². The van der Waals surface area contributed by atoms with Gasteiger partial charge in [-0.25, -0.2) is 9.97 Å². The zero-order chi connectivity index (χ0) is 19.8. The van der Waals surface area contributed by atoms with Crippen molar-refractivity contribution in [3.63, 3.8) is 0 Å². The van der Waals surface area contributed by atoms with Gasteiger partial charge in [0.2, 0.25) is 5.95 Å². The summed E-state index contributed by atoms with van der Waals surface area (Å²) in [4.78, 5) is 19.9. The number of benzene rings is 2. The van der Waals surface area contributed by atoms with Crippen molar-refractivity contribution in [2.24, 2.45) is 0 Å². The first-order valence-electron chi connectivity index (χ1n) is 9.51. The maximum atomic E-state index is 4.57. The Morgan fingerprint density at radius 2 is 1.83 bits per heavy atom. The Kier molecular flexibility index (Phi) is 4.13. The van der Waals surface area contributed by atoms with Crippen LogP contribution in [0.5, 0.6) is 0 Å². The third-order valence-corrected chi connectivity index (χ3v) is 4.80. The van der Waals surface area contributed by atoms with E-state index < -0.39 is 0 Å². The van der Waals surface area contributed by atoms with Crippen LogP contribution in [0, 0.1) is 13.8 Å². The number of imidazole rings is 1. The van der Waals surface area contributed by atoms with Gasteiger partial charge in [0.1, 0.15) is 11.6 Å². The van der Waals surface area contributed by atoms with Gasteiger partial charge in [0.15, 0.2) is 0 Å². The van der Waals surface area contributed by atoms with Crippen molar-refractivity contribution in [3.05, 3.63) is 71.8 Å². The van der Waals surface area contributed by atoms with Crippen molar-refractivity contribution in [1.82, 2.24) is 24.9 Å². The Balaban J connectivity index is 1.30. The molecule has 0 saturated carbocycles. The van der Waals surface area contributed by atoms with E-state index in [1.54, 1.807) is 6.20 Å². The topological polar surface area (TPSA) is 94.3 Å². The smallest absolute Gasteiger partial charge is 0.224 e. The summed E-state index contributed by atoms with van der Waals surface area (Å²) < 4.78 is 0. The number of aromatic nitrogens is 5. The molecule has 0 aliphatic heterocycles. The van der Waals surface area contributed by atoms with Gasteiger partial charge in [-0.3, -0.25) is 0 Å². The molecule has 7 heteroatoms. The van der Waals surface area contributed by atoms with Gasteiger partial charge in [0, 0.05) is 35.0 Å². The Labute approximate surface area is 167 Å². The van der Waals surface area contributed by atoms with E-state index >= 15 is 0 Å². The van der Waals surface area contributed by atoms with Gasteiger partial charge in [-0.2, -0.15) is 4.98 Å². The van der Waals surface area contributed by atoms with E-state index in [0.29, 0.717) is 12.5 Å². The number of hydrogen-bond acceptors (Lipinski definition) is 5. The van der Waals surface area contributed by atoms with Crippen LogP contribution in [0.4, 0.5) is 17.5 Å². The van der Waals surface area contributed by atoms with Crippen LogP contribution in [0.15, 0.2) is 54.7 Å². The van der Waals surface area contributed by atoms with Crippen LogP contribution in [0.2, 0.25) is 0 Å². The molecule has 0 radical (unpaired) electrons. The van der Waals surface area contributed by atoms with E-state index in [2.05, 4.69) is 72.8 Å². The number of hydrogen-bond donors (Lipinski definition) is 4. The van der Waals surface area contributed by atoms with Crippen molar-refractivity contribution >= 4 is 39.4 Å². The number of aryl methyl sites for hydroxylation is 2. The van der Waals surface area contributed by atoms with Crippen molar-refractivity contribution in [1.29, 1.82) is 0 Å². The second-order valence-electron chi connectivity index (χ2n) is 7.17. The third kappa shape index (κ3) is 3.62. The average Bonchev–Trinajstić information content (AvgIpc) is 3.26. The predicted octanol–water partition coefficient (Wildman–Crippen LogP) is 4.81. The summed E-state index contributed by atoms with van der Waals surface area (Å²) in [6.07, 6.45) is 1.75. The number of aromatic amines is 2. The molecule has 0 fully saturated rings. The lowest BCUT2D eigenvalue weighted by Gasteiger charge is -2.09. The van der Waals surface area contributed by atoms with Gasteiger partial charge >= 0.3 is 0 Å². The highest BCUT2D eigenvalue weighted by molar-refractivity contribution is 5.84. The molecule has 0 saturated heterocycles. The van der Waals surface area contributed by atoms with E-state index in [4.69, 9.17) is 0 Å². The standard InChI is InChI=1S/C22H21N7/c1-13-9-16-11-17(4-6-18(16)25-13)28-21-7-8-23-22(29-21)24-12-15-3-5-19-20(10-15)27-14(2)26-19/h3-11,25H,12H2,1-2H3,(H,26,27)(H2,23,24,28,29). The lowest BCUT2D eigenvalue weighted by molar-refractivity contribution is 1.06. The first kappa shape index (κ1) is 17.2. The highest BCUT2D eigenvalue weighted by Gasteiger charge is 2.04. The largest absolute Gasteiger partial charge is 0.359 e. The molecule has 5 rings (SSSR count). The van der Waals surface area contributed by atoms with E-state index in [0.717, 1.165) is 45.1 Å². The quantitative estimate of drug-likeness (QED) is 0.349. The molecular formula is C22H21N7. The summed E-state index contributed by atoms with van der Waals surface area (Å²) in [5, 5.41) is 7.81. The molecule has 2 aromatic carbocycles. The molecule has 0 aliphatic carbocycles. The van der Waals surface area contributed by atoms with E-state index in [1.807, 2.05) is 25.1 Å². The zero-order valence-corrected chi connectivity index (χ0v) is 16.2. The minimum Gasteiger partial charge on any atom is -0.359 e. The predicted molar refractivity (Wildman–Crippen MR) is 117 cm³/mol. The third-order valence-electron chi connectivity index (χ3n) is 4.80. The van der Waals surface area contributed by atoms with E-state index in [9.17, 15) is 0 Å². The second kappa shape index (κ2) is 6.94. The Morgan fingerprint density at radius 1 is 0.897 bits per heavy atom. The molecule has 5 aromatic rings. The molecule has 0 atom stereocenters. The van der Waals surface area contributed by atoms with Crippen molar-refractivity contribution in [2.75, 3.05) is 10.6 Å². The summed E-state index contributed by atoms with van der Waals surface area (Å²) in [6, 6.07) is 16.4. The molecule has 3 heterocycles. The SMILES string of the molecule is Cc1cc2cc(Nc3ccnc(NCc4ccc5nc(C)[nH]c5c4)n3)ccc2[nH]1. The van der Waals surface area contributed by atoms with Crippen LogP contribution in [-0.4, -0.2) is 24.9 Å². The number of fused-ring (bicyclic) bond motifs is 2. The fraction of sp³-hybridized carbons (Fsp3) is 0.136. The first-order chi connectivity index (χ1) is 14.1. The van der Waals surface area contributed by atoms with Gasteiger partial charge in [-0.05, 0) is 61.9 Å². The maximum Gasteiger partial charge on any atom is 0.224 e. The summed E-state index contributed by atoms with van der Waals surface area (Å²) in [5.41, 5.74) is 6.41. The van der Waals surface area contributed by atoms with Gasteiger partial charge in [0.05, 0.1) is 11.0 Å². The van der Waals surface area contributed by atoms with Gasteiger partial charge in [-0.1, -0.05) is 6.07 Å². The second-order valence-corrected chi connectivity index (χ2v) is 7.17. The molecule has 0 spiro atoms. The molecular weight excluding hydrogens is 362 g/mol. The summed E-state index contributed by atoms with van der Waals surface area (Å²) >= 11 is 0. The number of rotatable bonds is 5. The zero-order valence-electron chi connectivity index (χ0n) is 16.2. The minimum atomic E-state index is 0.578. The molecule has 0 bridgehead atoms. The normalized spacial score (nSPS) is 11.2. The molecule has 0 unspecified atom stereocenters. The summed E-state index contributed by atoms with van der Waals surface area (Å²) in [7, 11) is 0. The maximum absolute atomic E-state index is 4.57. The van der Waals surface area contributed by atoms with Crippen LogP contribution in [0.3, 0.4) is 0 Å². The minimum absolute atomic E-state index is 0.578. The first-order valence-corrected chi connectivity index (χ1v) is 9.51. The number of anilines is 3. The monoisotopic (exact) mass is 383 g/mol. The lowest BCUT2D eigenvalue weighted by atomic mass is 10.2. The lowest BCUT2D eigenvalue weighted by Crippen LogP contribution is -2.05. The van der Waals surface area contributed by atoms with E-state index in [-0.39, 0.29) is 0 Å². The van der Waals surface area contributed by atoms with Gasteiger partial charge in [-0.15, -0.1) is 0 Å². The molecule has 7 nitrogen and oxygen atoms in total. The van der Waals surface area contributed by atoms with Crippen molar-refractivity contribution in [2.45, 2.75) is 20.4 Å². The molecule has 144 valence electrons. The summed E-state index contributed by atoms with van der Waals surface area (Å²) in [6.45, 7) is 4.64. The Hall–Kier alpha value is -3.87. The van der Waals surface area contributed by atoms with Crippen LogP contribution in [0.25, 0.3) is 21.9 Å². The van der Waals surface area contributed by atoms with Crippen LogP contribution < -0.4 is 10.6 Å². The van der Waals surface area contributed by atoms with Crippen molar-refractivity contribution < 1.29 is 0 Å². The molecule has 4 N–H and O–H groups in total. The highest BCUT2D eigenvalue weighted by atomic mass is 15.1. The number of nitrogens with one attached hydrogen (secondary N) is 4. The number of nitrogens with zero attached hydrogens (tertiary/aromatic N) is 3. The number of H-pyrrole nitrogens is 2. The van der Waals surface area contributed by atoms with Crippen LogP contribution in [0.1, 0.15) is 17.1 Å². The fourth-order valence-electron chi connectivity index (χ4n) is 3.49. The highest BCUT2D eigenvalue weighted by Crippen LogP contribution is 2.22. The Morgan fingerprint density at radius 3 is 2.76 bits per heavy atom. The van der Waals surface area contributed by atoms with Crippen LogP contribution >= 0.6 is 0 Å². The van der Waals surface area contributed by atoms with Crippen molar-refractivity contribution in [3.8, 4) is 0 Å². The summed E-state index contributed by atoms with van der Waals surface area (Å²) in [5.74, 6) is 2.24. The molecule has 0 aliphatic rings. The Bertz CT molecular complexity index is 1320. The van der Waals surface area contributed by atoms with E-state index in [1.165, 1.54) is 5.39 Å².